The van der Waals surface area contributed by atoms with Crippen molar-refractivity contribution in [2.75, 3.05) is 11.9 Å². The summed E-state index contributed by atoms with van der Waals surface area (Å²) in [4.78, 5) is 25.0. The zero-order chi connectivity index (χ0) is 18.7. The largest absolute Gasteiger partial charge is 0.469 e. The number of hydrogen-bond acceptors (Lipinski definition) is 5. The molecular formula is C20H19NO4S. The fourth-order valence-corrected chi connectivity index (χ4v) is 3.54. The Morgan fingerprint density at radius 2 is 1.88 bits per heavy atom. The van der Waals surface area contributed by atoms with E-state index in [1.165, 1.54) is 17.6 Å². The van der Waals surface area contributed by atoms with Crippen LogP contribution in [0.1, 0.15) is 39.0 Å². The fraction of sp³-hybridized carbons (Fsp3) is 0.200. The van der Waals surface area contributed by atoms with Crippen molar-refractivity contribution in [2.24, 2.45) is 0 Å². The quantitative estimate of drug-likeness (QED) is 0.639. The van der Waals surface area contributed by atoms with E-state index in [9.17, 15) is 9.59 Å². The molecule has 0 bridgehead atoms. The van der Waals surface area contributed by atoms with E-state index in [2.05, 4.69) is 5.32 Å². The molecule has 0 saturated heterocycles. The van der Waals surface area contributed by atoms with Crippen molar-refractivity contribution in [3.05, 3.63) is 64.4 Å². The molecule has 3 aromatic rings. The molecule has 134 valence electrons. The van der Waals surface area contributed by atoms with Crippen molar-refractivity contribution >= 4 is 28.2 Å². The van der Waals surface area contributed by atoms with Crippen LogP contribution in [0.25, 0.3) is 11.1 Å². The third-order valence-corrected chi connectivity index (χ3v) is 4.86. The fourth-order valence-electron chi connectivity index (χ4n) is 2.59. The van der Waals surface area contributed by atoms with Crippen molar-refractivity contribution in [1.29, 1.82) is 0 Å². The van der Waals surface area contributed by atoms with E-state index in [-0.39, 0.29) is 12.5 Å². The number of benzene rings is 1. The molecule has 26 heavy (non-hydrogen) atoms. The molecule has 0 unspecified atom stereocenters. The van der Waals surface area contributed by atoms with Crippen LogP contribution < -0.4 is 5.32 Å². The first-order chi connectivity index (χ1) is 12.5. The van der Waals surface area contributed by atoms with E-state index in [0.29, 0.717) is 21.9 Å². The Kier molecular flexibility index (Phi) is 5.23. The molecule has 1 amide bonds. The molecule has 0 aliphatic carbocycles. The SMILES string of the molecule is CCOC(=O)c1c(-c2ccc(C)cc2)csc1NC(=O)c1ccoc1C. The van der Waals surface area contributed by atoms with Crippen molar-refractivity contribution in [1.82, 2.24) is 0 Å². The number of amides is 1. The van der Waals surface area contributed by atoms with Gasteiger partial charge in [0.1, 0.15) is 16.3 Å². The minimum atomic E-state index is -0.455. The summed E-state index contributed by atoms with van der Waals surface area (Å²) in [5.74, 6) is -0.252. The predicted molar refractivity (Wildman–Crippen MR) is 102 cm³/mol. The molecular weight excluding hydrogens is 350 g/mol. The Balaban J connectivity index is 2.00. The van der Waals surface area contributed by atoms with Gasteiger partial charge in [0.05, 0.1) is 18.4 Å². The molecule has 0 saturated carbocycles. The molecule has 5 nitrogen and oxygen atoms in total. The van der Waals surface area contributed by atoms with Gasteiger partial charge in [-0.3, -0.25) is 4.79 Å². The summed E-state index contributed by atoms with van der Waals surface area (Å²) in [6, 6.07) is 9.46. The minimum absolute atomic E-state index is 0.260. The first kappa shape index (κ1) is 17.9. The average molecular weight is 369 g/mol. The van der Waals surface area contributed by atoms with Crippen LogP contribution in [0.15, 0.2) is 46.4 Å². The summed E-state index contributed by atoms with van der Waals surface area (Å²) in [6.45, 7) is 5.73. The Morgan fingerprint density at radius 3 is 2.50 bits per heavy atom. The molecule has 0 aliphatic rings. The normalized spacial score (nSPS) is 10.6. The second-order valence-corrected chi connectivity index (χ2v) is 6.66. The summed E-state index contributed by atoms with van der Waals surface area (Å²) in [6.07, 6.45) is 1.46. The van der Waals surface area contributed by atoms with Crippen LogP contribution in [0.3, 0.4) is 0 Å². The van der Waals surface area contributed by atoms with Crippen molar-refractivity contribution < 1.29 is 18.7 Å². The van der Waals surface area contributed by atoms with Gasteiger partial charge in [-0.1, -0.05) is 29.8 Å². The lowest BCUT2D eigenvalue weighted by molar-refractivity contribution is 0.0529. The third kappa shape index (κ3) is 3.55. The summed E-state index contributed by atoms with van der Waals surface area (Å²) in [5.41, 5.74) is 3.58. The Morgan fingerprint density at radius 1 is 1.15 bits per heavy atom. The number of carbonyl (C=O) groups excluding carboxylic acids is 2. The van der Waals surface area contributed by atoms with Crippen LogP contribution in [0.2, 0.25) is 0 Å². The van der Waals surface area contributed by atoms with Crippen LogP contribution in [-0.2, 0) is 4.74 Å². The van der Waals surface area contributed by atoms with E-state index in [1.54, 1.807) is 19.9 Å². The minimum Gasteiger partial charge on any atom is -0.469 e. The number of ether oxygens (including phenoxy) is 1. The maximum absolute atomic E-state index is 12.5. The zero-order valence-corrected chi connectivity index (χ0v) is 15.6. The molecule has 1 aromatic carbocycles. The maximum atomic E-state index is 12.5. The predicted octanol–water partition coefficient (Wildman–Crippen LogP) is 5.05. The summed E-state index contributed by atoms with van der Waals surface area (Å²) in [5, 5.41) is 5.13. The number of rotatable bonds is 5. The summed E-state index contributed by atoms with van der Waals surface area (Å²) < 4.78 is 10.4. The standard InChI is InChI=1S/C20H19NO4S/c1-4-24-20(23)17-16(14-7-5-12(2)6-8-14)11-26-19(17)21-18(22)15-9-10-25-13(15)3/h5-11H,4H2,1-3H3,(H,21,22). The van der Waals surface area contributed by atoms with Crippen molar-refractivity contribution in [3.8, 4) is 11.1 Å². The maximum Gasteiger partial charge on any atom is 0.341 e. The second-order valence-electron chi connectivity index (χ2n) is 5.78. The number of esters is 1. The van der Waals surface area contributed by atoms with Crippen LogP contribution in [0.5, 0.6) is 0 Å². The summed E-state index contributed by atoms with van der Waals surface area (Å²) >= 11 is 1.30. The van der Waals surface area contributed by atoms with E-state index in [1.807, 2.05) is 36.6 Å². The third-order valence-electron chi connectivity index (χ3n) is 3.96. The van der Waals surface area contributed by atoms with Gasteiger partial charge in [-0.05, 0) is 32.4 Å². The second kappa shape index (κ2) is 7.58. The highest BCUT2D eigenvalue weighted by atomic mass is 32.1. The highest BCUT2D eigenvalue weighted by molar-refractivity contribution is 7.15. The number of furan rings is 1. The van der Waals surface area contributed by atoms with Gasteiger partial charge in [-0.2, -0.15) is 0 Å². The van der Waals surface area contributed by atoms with Gasteiger partial charge in [0.25, 0.3) is 5.91 Å². The molecule has 0 radical (unpaired) electrons. The molecule has 0 spiro atoms. The zero-order valence-electron chi connectivity index (χ0n) is 14.8. The first-order valence-corrected chi connectivity index (χ1v) is 9.10. The Bertz CT molecular complexity index is 937. The van der Waals surface area contributed by atoms with E-state index in [0.717, 1.165) is 16.7 Å². The van der Waals surface area contributed by atoms with Gasteiger partial charge in [0.2, 0.25) is 0 Å². The number of anilines is 1. The van der Waals surface area contributed by atoms with Crippen molar-refractivity contribution in [2.45, 2.75) is 20.8 Å². The molecule has 0 fully saturated rings. The Labute approximate surface area is 155 Å². The van der Waals surface area contributed by atoms with Crippen LogP contribution >= 0.6 is 11.3 Å². The van der Waals surface area contributed by atoms with Gasteiger partial charge >= 0.3 is 5.97 Å². The molecule has 6 heteroatoms. The number of carbonyl (C=O) groups is 2. The van der Waals surface area contributed by atoms with Gasteiger partial charge in [-0.25, -0.2) is 4.79 Å². The molecule has 2 aromatic heterocycles. The first-order valence-electron chi connectivity index (χ1n) is 8.22. The number of hydrogen-bond donors (Lipinski definition) is 1. The van der Waals surface area contributed by atoms with Gasteiger partial charge < -0.3 is 14.5 Å². The monoisotopic (exact) mass is 369 g/mol. The molecule has 2 heterocycles. The van der Waals surface area contributed by atoms with Gasteiger partial charge in [0.15, 0.2) is 0 Å². The topological polar surface area (TPSA) is 68.5 Å². The van der Waals surface area contributed by atoms with E-state index >= 15 is 0 Å². The lowest BCUT2D eigenvalue weighted by Gasteiger charge is -2.09. The van der Waals surface area contributed by atoms with E-state index in [4.69, 9.17) is 9.15 Å². The smallest absolute Gasteiger partial charge is 0.341 e. The average Bonchev–Trinajstić information content (AvgIpc) is 3.22. The lowest BCUT2D eigenvalue weighted by Crippen LogP contribution is -2.15. The van der Waals surface area contributed by atoms with Crippen molar-refractivity contribution in [3.63, 3.8) is 0 Å². The molecule has 1 N–H and O–H groups in total. The van der Waals surface area contributed by atoms with Crippen LogP contribution in [0.4, 0.5) is 5.00 Å². The number of aryl methyl sites for hydroxylation is 2. The lowest BCUT2D eigenvalue weighted by atomic mass is 10.0. The van der Waals surface area contributed by atoms with Gasteiger partial charge in [-0.15, -0.1) is 11.3 Å². The van der Waals surface area contributed by atoms with Crippen LogP contribution in [-0.4, -0.2) is 18.5 Å². The van der Waals surface area contributed by atoms with E-state index < -0.39 is 5.97 Å². The van der Waals surface area contributed by atoms with Crippen LogP contribution in [0, 0.1) is 13.8 Å². The molecule has 3 rings (SSSR count). The Hall–Kier alpha value is -2.86. The number of nitrogens with one attached hydrogen (secondary N) is 1. The highest BCUT2D eigenvalue weighted by Gasteiger charge is 2.23. The molecule has 0 aliphatic heterocycles. The highest BCUT2D eigenvalue weighted by Crippen LogP contribution is 2.36. The summed E-state index contributed by atoms with van der Waals surface area (Å²) in [7, 11) is 0. The van der Waals surface area contributed by atoms with Gasteiger partial charge in [0, 0.05) is 10.9 Å². The molecule has 0 atom stereocenters. The number of thiophene rings is 1.